The third kappa shape index (κ3) is 2.34. The second-order valence-electron chi connectivity index (χ2n) is 6.79. The third-order valence-electron chi connectivity index (χ3n) is 5.57. The van der Waals surface area contributed by atoms with Crippen molar-refractivity contribution in [3.05, 3.63) is 47.2 Å². The van der Waals surface area contributed by atoms with Crippen molar-refractivity contribution >= 4 is 0 Å². The van der Waals surface area contributed by atoms with Gasteiger partial charge >= 0.3 is 0 Å². The highest BCUT2D eigenvalue weighted by Gasteiger charge is 2.83. The van der Waals surface area contributed by atoms with Crippen LogP contribution in [0.5, 0.6) is 0 Å². The fourth-order valence-corrected chi connectivity index (χ4v) is 4.33. The summed E-state index contributed by atoms with van der Waals surface area (Å²) in [6.07, 6.45) is 2.77. The lowest BCUT2D eigenvalue weighted by Gasteiger charge is -2.34. The van der Waals surface area contributed by atoms with E-state index in [2.05, 4.69) is 18.2 Å². The fraction of sp³-hybridized carbons (Fsp3) is 0.381. The summed E-state index contributed by atoms with van der Waals surface area (Å²) in [5.74, 6) is -0.708. The standard InChI is InChI=1S/C21H16N6/c22-11-17(12-23)19(27-9-5-2-6-10-27)21(15-26)18(20(21,13-24)14-25)16-7-3-1-4-8-16/h1,3-4,7-8,18H,2,5-6,9-10H2/t18-,21+/m0/s1. The smallest absolute Gasteiger partial charge is 0.177 e. The predicted octanol–water partition coefficient (Wildman–Crippen LogP) is 3.11. The van der Waals surface area contributed by atoms with Crippen LogP contribution in [0.4, 0.5) is 0 Å². The van der Waals surface area contributed by atoms with Gasteiger partial charge in [-0.3, -0.25) is 0 Å². The summed E-state index contributed by atoms with van der Waals surface area (Å²) in [6.45, 7) is 1.19. The van der Waals surface area contributed by atoms with Gasteiger partial charge in [0.15, 0.2) is 11.0 Å². The van der Waals surface area contributed by atoms with Crippen LogP contribution >= 0.6 is 0 Å². The minimum Gasteiger partial charge on any atom is -0.372 e. The van der Waals surface area contributed by atoms with E-state index in [4.69, 9.17) is 0 Å². The van der Waals surface area contributed by atoms with E-state index in [0.717, 1.165) is 19.3 Å². The van der Waals surface area contributed by atoms with E-state index in [1.54, 1.807) is 24.3 Å². The van der Waals surface area contributed by atoms with Crippen molar-refractivity contribution in [1.82, 2.24) is 4.90 Å². The first-order valence-electron chi connectivity index (χ1n) is 8.75. The lowest BCUT2D eigenvalue weighted by atomic mass is 9.87. The number of nitrogens with zero attached hydrogens (tertiary/aromatic N) is 6. The second kappa shape index (κ2) is 6.84. The predicted molar refractivity (Wildman–Crippen MR) is 94.6 cm³/mol. The highest BCUT2D eigenvalue weighted by Crippen LogP contribution is 2.77. The first-order chi connectivity index (χ1) is 13.2. The molecule has 0 unspecified atom stereocenters. The van der Waals surface area contributed by atoms with Gasteiger partial charge in [-0.25, -0.2) is 0 Å². The fourth-order valence-electron chi connectivity index (χ4n) is 4.33. The van der Waals surface area contributed by atoms with Gasteiger partial charge < -0.3 is 4.90 Å². The molecule has 1 aliphatic heterocycles. The second-order valence-corrected chi connectivity index (χ2v) is 6.79. The van der Waals surface area contributed by atoms with Crippen LogP contribution in [0.2, 0.25) is 0 Å². The SMILES string of the molecule is N#CC(C#N)=C(N1CCCCC1)[C@@]1(C#N)[C@@H](c2ccccc2)C1(C#N)C#N. The summed E-state index contributed by atoms with van der Waals surface area (Å²) >= 11 is 0. The summed E-state index contributed by atoms with van der Waals surface area (Å²) in [5, 5.41) is 49.1. The van der Waals surface area contributed by atoms with Crippen LogP contribution in [-0.2, 0) is 0 Å². The number of likely N-dealkylation sites (tertiary alicyclic amines) is 1. The Morgan fingerprint density at radius 3 is 1.93 bits per heavy atom. The zero-order valence-corrected chi connectivity index (χ0v) is 14.7. The zero-order chi connectivity index (χ0) is 19.5. The maximum Gasteiger partial charge on any atom is 0.177 e. The first-order valence-corrected chi connectivity index (χ1v) is 8.75. The van der Waals surface area contributed by atoms with E-state index in [-0.39, 0.29) is 11.3 Å². The van der Waals surface area contributed by atoms with Gasteiger partial charge in [-0.05, 0) is 24.8 Å². The molecule has 3 rings (SSSR count). The Bertz CT molecular complexity index is 953. The molecule has 0 amide bonds. The Morgan fingerprint density at radius 1 is 0.852 bits per heavy atom. The normalized spacial score (nSPS) is 24.9. The third-order valence-corrected chi connectivity index (χ3v) is 5.57. The average molecular weight is 352 g/mol. The van der Waals surface area contributed by atoms with Crippen molar-refractivity contribution < 1.29 is 0 Å². The molecule has 2 fully saturated rings. The summed E-state index contributed by atoms with van der Waals surface area (Å²) in [5.41, 5.74) is -2.42. The lowest BCUT2D eigenvalue weighted by molar-refractivity contribution is 0.254. The molecule has 0 N–H and O–H groups in total. The van der Waals surface area contributed by atoms with E-state index < -0.39 is 16.7 Å². The summed E-state index contributed by atoms with van der Waals surface area (Å²) < 4.78 is 0. The minimum absolute atomic E-state index is 0.188. The van der Waals surface area contributed by atoms with Gasteiger partial charge in [-0.2, -0.15) is 26.3 Å². The zero-order valence-electron chi connectivity index (χ0n) is 14.7. The summed E-state index contributed by atoms with van der Waals surface area (Å²) in [6, 6.07) is 19.0. The van der Waals surface area contributed by atoms with Gasteiger partial charge in [0.25, 0.3) is 0 Å². The van der Waals surface area contributed by atoms with Gasteiger partial charge in [0, 0.05) is 19.0 Å². The molecule has 2 aliphatic rings. The Labute approximate surface area is 158 Å². The Morgan fingerprint density at radius 2 is 1.44 bits per heavy atom. The largest absolute Gasteiger partial charge is 0.372 e. The monoisotopic (exact) mass is 352 g/mol. The number of hydrogen-bond donors (Lipinski definition) is 0. The molecule has 6 heteroatoms. The molecule has 1 heterocycles. The van der Waals surface area contributed by atoms with E-state index in [1.807, 2.05) is 23.1 Å². The molecule has 0 aromatic heterocycles. The van der Waals surface area contributed by atoms with Gasteiger partial charge in [0.2, 0.25) is 0 Å². The molecule has 1 saturated heterocycles. The molecule has 6 nitrogen and oxygen atoms in total. The molecule has 1 aromatic rings. The van der Waals surface area contributed by atoms with E-state index >= 15 is 0 Å². The van der Waals surface area contributed by atoms with Gasteiger partial charge in [0.05, 0.1) is 23.9 Å². The minimum atomic E-state index is -1.63. The Hall–Kier alpha value is -3.79. The van der Waals surface area contributed by atoms with Crippen LogP contribution in [0.3, 0.4) is 0 Å². The van der Waals surface area contributed by atoms with Crippen LogP contribution < -0.4 is 0 Å². The molecular formula is C21H16N6. The molecule has 0 radical (unpaired) electrons. The quantitative estimate of drug-likeness (QED) is 0.770. The molecule has 1 aliphatic carbocycles. The Kier molecular flexibility index (Phi) is 4.57. The number of benzene rings is 1. The van der Waals surface area contributed by atoms with Gasteiger partial charge in [-0.1, -0.05) is 30.3 Å². The van der Waals surface area contributed by atoms with Gasteiger partial charge in [-0.15, -0.1) is 0 Å². The van der Waals surface area contributed by atoms with Crippen molar-refractivity contribution in [3.8, 4) is 30.3 Å². The Balaban J connectivity index is 2.29. The number of allylic oxidation sites excluding steroid dienone is 2. The highest BCUT2D eigenvalue weighted by molar-refractivity contribution is 5.63. The topological polar surface area (TPSA) is 122 Å². The van der Waals surface area contributed by atoms with Crippen LogP contribution in [0.25, 0.3) is 0 Å². The van der Waals surface area contributed by atoms with Crippen molar-refractivity contribution in [1.29, 1.82) is 26.3 Å². The highest BCUT2D eigenvalue weighted by atomic mass is 15.2. The maximum absolute atomic E-state index is 10.2. The van der Waals surface area contributed by atoms with Crippen molar-refractivity contribution in [2.75, 3.05) is 13.1 Å². The van der Waals surface area contributed by atoms with E-state index in [1.165, 1.54) is 0 Å². The average Bonchev–Trinajstić information content (AvgIpc) is 3.35. The lowest BCUT2D eigenvalue weighted by Crippen LogP contribution is -2.35. The van der Waals surface area contributed by atoms with Crippen molar-refractivity contribution in [3.63, 3.8) is 0 Å². The van der Waals surface area contributed by atoms with E-state index in [9.17, 15) is 26.3 Å². The summed E-state index contributed by atoms with van der Waals surface area (Å²) in [4.78, 5) is 1.86. The molecule has 27 heavy (non-hydrogen) atoms. The number of hydrogen-bond acceptors (Lipinski definition) is 6. The van der Waals surface area contributed by atoms with Crippen LogP contribution in [0, 0.1) is 67.5 Å². The number of nitriles is 5. The maximum atomic E-state index is 10.2. The van der Waals surface area contributed by atoms with Crippen LogP contribution in [-0.4, -0.2) is 18.0 Å². The molecule has 2 atom stereocenters. The first kappa shape index (κ1) is 18.0. The van der Waals surface area contributed by atoms with Crippen LogP contribution in [0.1, 0.15) is 30.7 Å². The van der Waals surface area contributed by atoms with Gasteiger partial charge in [0.1, 0.15) is 17.6 Å². The molecule has 1 saturated carbocycles. The van der Waals surface area contributed by atoms with E-state index in [0.29, 0.717) is 18.7 Å². The number of rotatable bonds is 3. The molecule has 1 aromatic carbocycles. The molecule has 0 spiro atoms. The van der Waals surface area contributed by atoms with Crippen molar-refractivity contribution in [2.45, 2.75) is 25.2 Å². The van der Waals surface area contributed by atoms with Crippen LogP contribution in [0.15, 0.2) is 41.6 Å². The molecular weight excluding hydrogens is 336 g/mol. The molecule has 0 bridgehead atoms. The number of piperidine rings is 1. The summed E-state index contributed by atoms with van der Waals surface area (Å²) in [7, 11) is 0. The van der Waals surface area contributed by atoms with Crippen molar-refractivity contribution in [2.24, 2.45) is 10.8 Å². The molecule has 130 valence electrons.